The number of carbonyl (C=O) groups excluding carboxylic acids is 2. The number of anilines is 1. The van der Waals surface area contributed by atoms with Gasteiger partial charge in [0.1, 0.15) is 5.39 Å². The molecular formula is C10H9N7O5. The molecule has 0 aliphatic carbocycles. The third-order valence-corrected chi connectivity index (χ3v) is 2.78. The zero-order chi connectivity index (χ0) is 15.9. The Bertz CT molecular complexity index is 866. The van der Waals surface area contributed by atoms with E-state index in [0.29, 0.717) is 0 Å². The van der Waals surface area contributed by atoms with E-state index >= 15 is 0 Å². The van der Waals surface area contributed by atoms with Crippen LogP contribution in [0.5, 0.6) is 0 Å². The van der Waals surface area contributed by atoms with Crippen molar-refractivity contribution in [3.8, 4) is 0 Å². The molecule has 0 aromatic carbocycles. The van der Waals surface area contributed by atoms with Gasteiger partial charge in [0.25, 0.3) is 17.4 Å². The van der Waals surface area contributed by atoms with E-state index in [1.807, 2.05) is 5.32 Å². The van der Waals surface area contributed by atoms with Crippen LogP contribution in [0.2, 0.25) is 0 Å². The van der Waals surface area contributed by atoms with Crippen LogP contribution < -0.4 is 21.5 Å². The molecule has 22 heavy (non-hydrogen) atoms. The number of rotatable bonds is 2. The van der Waals surface area contributed by atoms with Crippen LogP contribution in [-0.2, 0) is 9.59 Å². The van der Waals surface area contributed by atoms with E-state index in [-0.39, 0.29) is 17.0 Å². The molecule has 3 heterocycles. The van der Waals surface area contributed by atoms with E-state index in [1.54, 1.807) is 0 Å². The Morgan fingerprint density at radius 2 is 2.09 bits per heavy atom. The van der Waals surface area contributed by atoms with E-state index in [0.717, 1.165) is 0 Å². The molecule has 0 spiro atoms. The molecule has 0 fully saturated rings. The van der Waals surface area contributed by atoms with E-state index in [4.69, 9.17) is 5.11 Å². The Labute approximate surface area is 120 Å². The minimum Gasteiger partial charge on any atom is -0.494 e. The molecule has 114 valence electrons. The number of carbonyl (C=O) groups is 2. The molecular weight excluding hydrogens is 298 g/mol. The topological polar surface area (TPSA) is 185 Å². The quantitative estimate of drug-likeness (QED) is 0.293. The van der Waals surface area contributed by atoms with Gasteiger partial charge in [-0.25, -0.2) is 0 Å². The first-order chi connectivity index (χ1) is 10.5. The standard InChI is InChI=1S/C10H9N7O5/c18-5-2-1-11-17-4(2)12-9(13-5)14-6(19)3-7(20)15-10(22)16-8(3)21/h1,10,15,20,22H,(H,16,21)(H3,11,12,13,14,17,18,19). The Hall–Kier alpha value is -3.41. The molecule has 0 saturated heterocycles. The molecule has 1 aliphatic heterocycles. The minimum absolute atomic E-state index is 0.138. The summed E-state index contributed by atoms with van der Waals surface area (Å²) in [6, 6.07) is 0. The lowest BCUT2D eigenvalue weighted by Gasteiger charge is -2.22. The summed E-state index contributed by atoms with van der Waals surface area (Å²) in [6.07, 6.45) is -0.246. The van der Waals surface area contributed by atoms with Gasteiger partial charge in [0, 0.05) is 0 Å². The molecule has 1 unspecified atom stereocenters. The predicted octanol–water partition coefficient (Wildman–Crippen LogP) is -2.65. The van der Waals surface area contributed by atoms with Crippen molar-refractivity contribution in [1.29, 1.82) is 0 Å². The smallest absolute Gasteiger partial charge is 0.269 e. The first kappa shape index (κ1) is 13.6. The number of aliphatic hydroxyl groups is 2. The van der Waals surface area contributed by atoms with Gasteiger partial charge in [-0.15, -0.1) is 0 Å². The van der Waals surface area contributed by atoms with Crippen molar-refractivity contribution in [3.05, 3.63) is 28.0 Å². The highest BCUT2D eigenvalue weighted by Crippen LogP contribution is 2.09. The molecule has 2 amide bonds. The summed E-state index contributed by atoms with van der Waals surface area (Å²) in [5, 5.41) is 31.1. The average molecular weight is 307 g/mol. The number of H-pyrrole nitrogens is 2. The second-order valence-electron chi connectivity index (χ2n) is 4.24. The van der Waals surface area contributed by atoms with Gasteiger partial charge in [0.05, 0.1) is 6.20 Å². The lowest BCUT2D eigenvalue weighted by atomic mass is 10.2. The van der Waals surface area contributed by atoms with Crippen LogP contribution in [0.15, 0.2) is 22.4 Å². The minimum atomic E-state index is -1.51. The highest BCUT2D eigenvalue weighted by Gasteiger charge is 2.30. The summed E-state index contributed by atoms with van der Waals surface area (Å²) in [5.74, 6) is -3.08. The summed E-state index contributed by atoms with van der Waals surface area (Å²) in [5.41, 5.74) is -1.08. The van der Waals surface area contributed by atoms with Crippen molar-refractivity contribution < 1.29 is 19.8 Å². The van der Waals surface area contributed by atoms with Gasteiger partial charge in [0.2, 0.25) is 18.2 Å². The van der Waals surface area contributed by atoms with Gasteiger partial charge in [-0.2, -0.15) is 10.1 Å². The van der Waals surface area contributed by atoms with Crippen LogP contribution in [0.4, 0.5) is 5.95 Å². The van der Waals surface area contributed by atoms with Crippen LogP contribution >= 0.6 is 0 Å². The largest absolute Gasteiger partial charge is 0.494 e. The summed E-state index contributed by atoms with van der Waals surface area (Å²) >= 11 is 0. The number of aliphatic hydroxyl groups excluding tert-OH is 2. The monoisotopic (exact) mass is 307 g/mol. The number of nitrogens with zero attached hydrogens (tertiary/aromatic N) is 2. The molecule has 0 saturated carbocycles. The van der Waals surface area contributed by atoms with Crippen LogP contribution in [0.3, 0.4) is 0 Å². The van der Waals surface area contributed by atoms with Gasteiger partial charge >= 0.3 is 0 Å². The second kappa shape index (κ2) is 4.85. The molecule has 0 bridgehead atoms. The third kappa shape index (κ3) is 2.22. The Kier molecular flexibility index (Phi) is 2.99. The van der Waals surface area contributed by atoms with E-state index in [9.17, 15) is 19.5 Å². The molecule has 3 rings (SSSR count). The molecule has 12 nitrogen and oxygen atoms in total. The molecule has 0 radical (unpaired) electrons. The van der Waals surface area contributed by atoms with Crippen molar-refractivity contribution >= 4 is 28.8 Å². The molecule has 12 heteroatoms. The molecule has 1 aliphatic rings. The maximum Gasteiger partial charge on any atom is 0.269 e. The second-order valence-corrected chi connectivity index (χ2v) is 4.24. The number of aromatic nitrogens is 4. The van der Waals surface area contributed by atoms with Crippen molar-refractivity contribution in [2.24, 2.45) is 0 Å². The molecule has 1 atom stereocenters. The van der Waals surface area contributed by atoms with Crippen molar-refractivity contribution in [1.82, 2.24) is 30.8 Å². The number of amides is 2. The summed E-state index contributed by atoms with van der Waals surface area (Å²) in [6.45, 7) is 0. The van der Waals surface area contributed by atoms with Gasteiger partial charge in [0.15, 0.2) is 11.2 Å². The SMILES string of the molecule is O=C(Nc1nc2[nH]ncc2c(=O)[nH]1)C1=C(O)NC(O)NC1=O. The first-order valence-corrected chi connectivity index (χ1v) is 5.89. The number of nitrogens with one attached hydrogen (secondary N) is 5. The van der Waals surface area contributed by atoms with Crippen LogP contribution in [0.25, 0.3) is 11.0 Å². The summed E-state index contributed by atoms with van der Waals surface area (Å²) < 4.78 is 0. The number of aromatic amines is 2. The van der Waals surface area contributed by atoms with Crippen molar-refractivity contribution in [2.45, 2.75) is 6.35 Å². The van der Waals surface area contributed by atoms with Crippen molar-refractivity contribution in [2.75, 3.05) is 5.32 Å². The third-order valence-electron chi connectivity index (χ3n) is 2.78. The van der Waals surface area contributed by atoms with E-state index in [1.165, 1.54) is 6.20 Å². The lowest BCUT2D eigenvalue weighted by molar-refractivity contribution is -0.125. The fourth-order valence-corrected chi connectivity index (χ4v) is 1.83. The maximum absolute atomic E-state index is 12.0. The highest BCUT2D eigenvalue weighted by molar-refractivity contribution is 6.23. The van der Waals surface area contributed by atoms with Crippen molar-refractivity contribution in [3.63, 3.8) is 0 Å². The maximum atomic E-state index is 12.0. The van der Waals surface area contributed by atoms with Crippen LogP contribution in [-0.4, -0.2) is 48.5 Å². The zero-order valence-corrected chi connectivity index (χ0v) is 10.7. The first-order valence-electron chi connectivity index (χ1n) is 5.89. The van der Waals surface area contributed by atoms with Crippen LogP contribution in [0, 0.1) is 0 Å². The van der Waals surface area contributed by atoms with E-state index < -0.39 is 35.2 Å². The van der Waals surface area contributed by atoms with Gasteiger partial charge in [-0.3, -0.25) is 29.8 Å². The Balaban J connectivity index is 1.91. The molecule has 2 aromatic rings. The molecule has 7 N–H and O–H groups in total. The molecule has 2 aromatic heterocycles. The van der Waals surface area contributed by atoms with Gasteiger partial charge in [-0.05, 0) is 0 Å². The van der Waals surface area contributed by atoms with Gasteiger partial charge < -0.3 is 20.8 Å². The Morgan fingerprint density at radius 1 is 1.32 bits per heavy atom. The van der Waals surface area contributed by atoms with Crippen LogP contribution in [0.1, 0.15) is 0 Å². The summed E-state index contributed by atoms with van der Waals surface area (Å²) in [4.78, 5) is 41.4. The fraction of sp³-hybridized carbons (Fsp3) is 0.100. The number of hydrogen-bond donors (Lipinski definition) is 7. The van der Waals surface area contributed by atoms with Gasteiger partial charge in [-0.1, -0.05) is 0 Å². The zero-order valence-electron chi connectivity index (χ0n) is 10.7. The Morgan fingerprint density at radius 3 is 2.82 bits per heavy atom. The predicted molar refractivity (Wildman–Crippen MR) is 70.1 cm³/mol. The van der Waals surface area contributed by atoms with E-state index in [2.05, 4.69) is 30.8 Å². The fourth-order valence-electron chi connectivity index (χ4n) is 1.83. The highest BCUT2D eigenvalue weighted by atomic mass is 16.3. The number of hydrogen-bond acceptors (Lipinski definition) is 8. The number of fused-ring (bicyclic) bond motifs is 1. The lowest BCUT2D eigenvalue weighted by Crippen LogP contribution is -2.52. The average Bonchev–Trinajstić information content (AvgIpc) is 2.85. The summed E-state index contributed by atoms with van der Waals surface area (Å²) in [7, 11) is 0. The normalized spacial score (nSPS) is 18.0.